The molecule has 0 spiro atoms. The molecular weight excluding hydrogens is 212 g/mol. The second-order valence-corrected chi connectivity index (χ2v) is 3.38. The standard InChI is InChI=1S/C12H11F2NO/c1-15-7-11-8(5-6-16-11)12-9(13)3-2-4-10(12)14/h2-6,15H,7H2,1H3. The Hall–Kier alpha value is -1.68. The van der Waals surface area contributed by atoms with Gasteiger partial charge in [0, 0.05) is 5.56 Å². The van der Waals surface area contributed by atoms with Gasteiger partial charge in [0.15, 0.2) is 0 Å². The molecule has 0 aliphatic rings. The zero-order valence-corrected chi connectivity index (χ0v) is 8.76. The molecule has 0 unspecified atom stereocenters. The molecule has 1 heterocycles. The van der Waals surface area contributed by atoms with Gasteiger partial charge in [-0.2, -0.15) is 0 Å². The fourth-order valence-corrected chi connectivity index (χ4v) is 1.62. The normalized spacial score (nSPS) is 10.7. The average Bonchev–Trinajstić information content (AvgIpc) is 2.67. The number of benzene rings is 1. The number of nitrogens with one attached hydrogen (secondary N) is 1. The molecule has 0 saturated carbocycles. The number of furan rings is 1. The van der Waals surface area contributed by atoms with Gasteiger partial charge in [-0.1, -0.05) is 6.07 Å². The number of hydrogen-bond acceptors (Lipinski definition) is 2. The minimum atomic E-state index is -0.584. The molecule has 4 heteroatoms. The summed E-state index contributed by atoms with van der Waals surface area (Å²) in [5.74, 6) is -0.649. The summed E-state index contributed by atoms with van der Waals surface area (Å²) in [4.78, 5) is 0. The van der Waals surface area contributed by atoms with E-state index in [2.05, 4.69) is 5.32 Å². The van der Waals surface area contributed by atoms with E-state index >= 15 is 0 Å². The summed E-state index contributed by atoms with van der Waals surface area (Å²) in [5.41, 5.74) is 0.409. The quantitative estimate of drug-likeness (QED) is 0.865. The summed E-state index contributed by atoms with van der Waals surface area (Å²) in [6.07, 6.45) is 1.42. The number of hydrogen-bond donors (Lipinski definition) is 1. The zero-order valence-electron chi connectivity index (χ0n) is 8.76. The first-order valence-corrected chi connectivity index (χ1v) is 4.89. The van der Waals surface area contributed by atoms with E-state index in [1.54, 1.807) is 13.1 Å². The molecule has 1 aromatic heterocycles. The van der Waals surface area contributed by atoms with Crippen LogP contribution in [0.3, 0.4) is 0 Å². The number of rotatable bonds is 3. The first kappa shape index (κ1) is 10.8. The molecular formula is C12H11F2NO. The van der Waals surface area contributed by atoms with Crippen LogP contribution in [0.5, 0.6) is 0 Å². The molecule has 2 rings (SSSR count). The fraction of sp³-hybridized carbons (Fsp3) is 0.167. The van der Waals surface area contributed by atoms with Crippen LogP contribution >= 0.6 is 0 Å². The van der Waals surface area contributed by atoms with Gasteiger partial charge in [-0.25, -0.2) is 8.78 Å². The van der Waals surface area contributed by atoms with Gasteiger partial charge in [0.05, 0.1) is 18.4 Å². The van der Waals surface area contributed by atoms with Crippen LogP contribution in [0.15, 0.2) is 34.9 Å². The van der Waals surface area contributed by atoms with Crippen molar-refractivity contribution in [2.24, 2.45) is 0 Å². The maximum atomic E-state index is 13.5. The van der Waals surface area contributed by atoms with E-state index in [0.717, 1.165) is 0 Å². The Kier molecular flexibility index (Phi) is 3.01. The smallest absolute Gasteiger partial charge is 0.134 e. The Bertz CT molecular complexity index is 473. The van der Waals surface area contributed by atoms with E-state index in [1.165, 1.54) is 24.5 Å². The minimum Gasteiger partial charge on any atom is -0.467 e. The van der Waals surface area contributed by atoms with Gasteiger partial charge >= 0.3 is 0 Å². The molecule has 0 saturated heterocycles. The van der Waals surface area contributed by atoms with E-state index in [1.807, 2.05) is 0 Å². The molecule has 16 heavy (non-hydrogen) atoms. The fourth-order valence-electron chi connectivity index (χ4n) is 1.62. The Morgan fingerprint density at radius 3 is 2.50 bits per heavy atom. The number of halogens is 2. The second-order valence-electron chi connectivity index (χ2n) is 3.38. The van der Waals surface area contributed by atoms with Crippen LogP contribution in [0, 0.1) is 11.6 Å². The largest absolute Gasteiger partial charge is 0.467 e. The molecule has 0 fully saturated rings. The highest BCUT2D eigenvalue weighted by Gasteiger charge is 2.16. The van der Waals surface area contributed by atoms with Crippen molar-refractivity contribution in [1.29, 1.82) is 0 Å². The van der Waals surface area contributed by atoms with E-state index < -0.39 is 11.6 Å². The van der Waals surface area contributed by atoms with Gasteiger partial charge in [-0.05, 0) is 25.2 Å². The topological polar surface area (TPSA) is 25.2 Å². The Morgan fingerprint density at radius 2 is 1.88 bits per heavy atom. The van der Waals surface area contributed by atoms with Crippen molar-refractivity contribution in [2.45, 2.75) is 6.54 Å². The van der Waals surface area contributed by atoms with Crippen LogP contribution in [-0.4, -0.2) is 7.05 Å². The van der Waals surface area contributed by atoms with E-state index in [-0.39, 0.29) is 5.56 Å². The van der Waals surface area contributed by atoms with Crippen LogP contribution in [0.25, 0.3) is 11.1 Å². The molecule has 2 nitrogen and oxygen atoms in total. The Labute approximate surface area is 91.9 Å². The van der Waals surface area contributed by atoms with Crippen LogP contribution in [0.4, 0.5) is 8.78 Å². The maximum Gasteiger partial charge on any atom is 0.134 e. The SMILES string of the molecule is CNCc1occc1-c1c(F)cccc1F. The molecule has 84 valence electrons. The van der Waals surface area contributed by atoms with Crippen LogP contribution in [0.1, 0.15) is 5.76 Å². The highest BCUT2D eigenvalue weighted by atomic mass is 19.1. The summed E-state index contributed by atoms with van der Waals surface area (Å²) in [6, 6.07) is 5.36. The van der Waals surface area contributed by atoms with Crippen molar-refractivity contribution in [3.05, 3.63) is 47.9 Å². The molecule has 0 atom stereocenters. The van der Waals surface area contributed by atoms with Crippen molar-refractivity contribution in [3.63, 3.8) is 0 Å². The van der Waals surface area contributed by atoms with Gasteiger partial charge in [0.2, 0.25) is 0 Å². The van der Waals surface area contributed by atoms with Crippen molar-refractivity contribution in [1.82, 2.24) is 5.32 Å². The molecule has 0 aliphatic carbocycles. The monoisotopic (exact) mass is 223 g/mol. The van der Waals surface area contributed by atoms with Gasteiger partial charge in [-0.15, -0.1) is 0 Å². The third kappa shape index (κ3) is 1.84. The van der Waals surface area contributed by atoms with Crippen LogP contribution < -0.4 is 5.32 Å². The van der Waals surface area contributed by atoms with Crippen molar-refractivity contribution in [2.75, 3.05) is 7.05 Å². The highest BCUT2D eigenvalue weighted by Crippen LogP contribution is 2.29. The van der Waals surface area contributed by atoms with Crippen LogP contribution in [0.2, 0.25) is 0 Å². The lowest BCUT2D eigenvalue weighted by molar-refractivity contribution is 0.495. The molecule has 2 aromatic rings. The summed E-state index contributed by atoms with van der Waals surface area (Å²) < 4.78 is 32.2. The van der Waals surface area contributed by atoms with Gasteiger partial charge in [-0.3, -0.25) is 0 Å². The van der Waals surface area contributed by atoms with Gasteiger partial charge in [0.25, 0.3) is 0 Å². The first-order chi connectivity index (χ1) is 7.74. The van der Waals surface area contributed by atoms with E-state index in [9.17, 15) is 8.78 Å². The lowest BCUT2D eigenvalue weighted by Crippen LogP contribution is -2.05. The Morgan fingerprint density at radius 1 is 1.19 bits per heavy atom. The molecule has 1 aromatic carbocycles. The minimum absolute atomic E-state index is 0.0403. The predicted molar refractivity (Wildman–Crippen MR) is 56.8 cm³/mol. The lowest BCUT2D eigenvalue weighted by atomic mass is 10.1. The van der Waals surface area contributed by atoms with Crippen molar-refractivity contribution in [3.8, 4) is 11.1 Å². The Balaban J connectivity index is 2.54. The molecule has 0 radical (unpaired) electrons. The first-order valence-electron chi connectivity index (χ1n) is 4.89. The summed E-state index contributed by atoms with van der Waals surface area (Å²) in [5, 5.41) is 2.88. The van der Waals surface area contributed by atoms with Crippen LogP contribution in [-0.2, 0) is 6.54 Å². The molecule has 0 bridgehead atoms. The predicted octanol–water partition coefficient (Wildman–Crippen LogP) is 2.94. The zero-order chi connectivity index (χ0) is 11.5. The van der Waals surface area contributed by atoms with Gasteiger partial charge in [0.1, 0.15) is 17.4 Å². The summed E-state index contributed by atoms with van der Waals surface area (Å²) in [7, 11) is 1.74. The molecule has 0 amide bonds. The molecule has 0 aliphatic heterocycles. The average molecular weight is 223 g/mol. The van der Waals surface area contributed by atoms with E-state index in [0.29, 0.717) is 17.9 Å². The molecule has 1 N–H and O–H groups in total. The summed E-state index contributed by atoms with van der Waals surface area (Å²) in [6.45, 7) is 0.427. The van der Waals surface area contributed by atoms with Crippen molar-refractivity contribution < 1.29 is 13.2 Å². The third-order valence-electron chi connectivity index (χ3n) is 2.31. The highest BCUT2D eigenvalue weighted by molar-refractivity contribution is 5.66. The lowest BCUT2D eigenvalue weighted by Gasteiger charge is -2.05. The summed E-state index contributed by atoms with van der Waals surface area (Å²) >= 11 is 0. The van der Waals surface area contributed by atoms with E-state index in [4.69, 9.17) is 4.42 Å². The second kappa shape index (κ2) is 4.45. The maximum absolute atomic E-state index is 13.5. The van der Waals surface area contributed by atoms with Crippen molar-refractivity contribution >= 4 is 0 Å². The third-order valence-corrected chi connectivity index (χ3v) is 2.31. The van der Waals surface area contributed by atoms with Gasteiger partial charge < -0.3 is 9.73 Å².